The predicted octanol–water partition coefficient (Wildman–Crippen LogP) is 4.50. The molecule has 0 aliphatic heterocycles. The minimum atomic E-state index is -0.0415. The molecule has 5 heteroatoms. The van der Waals surface area contributed by atoms with Crippen molar-refractivity contribution in [2.24, 2.45) is 0 Å². The largest absolute Gasteiger partial charge is 0.436 e. The number of amides is 1. The third-order valence-corrected chi connectivity index (χ3v) is 3.43. The maximum atomic E-state index is 11.4. The van der Waals surface area contributed by atoms with E-state index in [0.29, 0.717) is 28.6 Å². The van der Waals surface area contributed by atoms with Gasteiger partial charge in [0.15, 0.2) is 5.58 Å². The van der Waals surface area contributed by atoms with Gasteiger partial charge in [0.25, 0.3) is 0 Å². The number of fused-ring (bicyclic) bond motifs is 1. The van der Waals surface area contributed by atoms with Gasteiger partial charge >= 0.3 is 0 Å². The van der Waals surface area contributed by atoms with Gasteiger partial charge in [0.1, 0.15) is 5.52 Å². The van der Waals surface area contributed by atoms with Crippen LogP contribution in [0, 0.1) is 0 Å². The molecule has 0 aliphatic carbocycles. The molecule has 1 heterocycles. The minimum Gasteiger partial charge on any atom is -0.436 e. The van der Waals surface area contributed by atoms with Crippen molar-refractivity contribution in [1.29, 1.82) is 0 Å². The first-order chi connectivity index (χ1) is 10.2. The zero-order valence-electron chi connectivity index (χ0n) is 11.4. The molecular weight excluding hydrogens is 288 g/mol. The molecule has 0 radical (unpaired) electrons. The van der Waals surface area contributed by atoms with Crippen LogP contribution in [0.25, 0.3) is 22.6 Å². The molecule has 3 rings (SSSR count). The summed E-state index contributed by atoms with van der Waals surface area (Å²) in [5.74, 6) is 0.426. The van der Waals surface area contributed by atoms with Crippen molar-refractivity contribution >= 4 is 34.3 Å². The van der Waals surface area contributed by atoms with Gasteiger partial charge in [-0.15, -0.1) is 0 Å². The van der Waals surface area contributed by atoms with Crippen LogP contribution in [0.15, 0.2) is 46.9 Å². The molecule has 0 aliphatic rings. The molecule has 4 nitrogen and oxygen atoms in total. The van der Waals surface area contributed by atoms with E-state index in [2.05, 4.69) is 10.3 Å². The highest BCUT2D eigenvalue weighted by molar-refractivity contribution is 6.33. The molecule has 0 fully saturated rings. The van der Waals surface area contributed by atoms with Crippen molar-refractivity contribution in [2.75, 3.05) is 5.32 Å². The molecule has 0 saturated carbocycles. The molecule has 0 bridgehead atoms. The number of carbonyl (C=O) groups excluding carboxylic acids is 1. The van der Waals surface area contributed by atoms with Gasteiger partial charge in [-0.1, -0.05) is 30.7 Å². The first kappa shape index (κ1) is 13.6. The van der Waals surface area contributed by atoms with Gasteiger partial charge in [-0.2, -0.15) is 0 Å². The maximum Gasteiger partial charge on any atom is 0.228 e. The molecule has 1 amide bonds. The van der Waals surface area contributed by atoms with Crippen molar-refractivity contribution < 1.29 is 9.21 Å². The van der Waals surface area contributed by atoms with Crippen molar-refractivity contribution in [3.63, 3.8) is 0 Å². The van der Waals surface area contributed by atoms with Crippen LogP contribution in [0.4, 0.5) is 5.69 Å². The maximum absolute atomic E-state index is 11.4. The fraction of sp³-hybridized carbons (Fsp3) is 0.125. The molecule has 21 heavy (non-hydrogen) atoms. The van der Waals surface area contributed by atoms with Gasteiger partial charge in [0.2, 0.25) is 11.8 Å². The highest BCUT2D eigenvalue weighted by atomic mass is 35.5. The lowest BCUT2D eigenvalue weighted by Crippen LogP contribution is -2.08. The van der Waals surface area contributed by atoms with Crippen molar-refractivity contribution in [3.8, 4) is 11.5 Å². The molecule has 0 unspecified atom stereocenters. The van der Waals surface area contributed by atoms with Gasteiger partial charge in [-0.05, 0) is 24.3 Å². The smallest absolute Gasteiger partial charge is 0.228 e. The molecule has 0 spiro atoms. The van der Waals surface area contributed by atoms with E-state index in [1.54, 1.807) is 25.1 Å². The summed E-state index contributed by atoms with van der Waals surface area (Å²) in [6.07, 6.45) is 0.430. The van der Waals surface area contributed by atoms with Crippen LogP contribution in [0.1, 0.15) is 13.3 Å². The van der Waals surface area contributed by atoms with E-state index in [9.17, 15) is 4.79 Å². The minimum absolute atomic E-state index is 0.0415. The lowest BCUT2D eigenvalue weighted by molar-refractivity contribution is -0.115. The van der Waals surface area contributed by atoms with E-state index in [0.717, 1.165) is 11.1 Å². The van der Waals surface area contributed by atoms with Gasteiger partial charge in [0.05, 0.1) is 10.6 Å². The Morgan fingerprint density at radius 3 is 2.86 bits per heavy atom. The number of oxazole rings is 1. The number of carbonyl (C=O) groups is 1. The van der Waals surface area contributed by atoms with Gasteiger partial charge in [-0.3, -0.25) is 4.79 Å². The lowest BCUT2D eigenvalue weighted by atomic mass is 10.2. The van der Waals surface area contributed by atoms with Gasteiger partial charge in [0, 0.05) is 18.2 Å². The Kier molecular flexibility index (Phi) is 3.62. The summed E-state index contributed by atoms with van der Waals surface area (Å²) >= 11 is 6.15. The number of aromatic nitrogens is 1. The predicted molar refractivity (Wildman–Crippen MR) is 83.4 cm³/mol. The van der Waals surface area contributed by atoms with Gasteiger partial charge < -0.3 is 9.73 Å². The second kappa shape index (κ2) is 5.58. The Morgan fingerprint density at radius 1 is 1.29 bits per heavy atom. The average molecular weight is 301 g/mol. The van der Waals surface area contributed by atoms with E-state index in [4.69, 9.17) is 16.0 Å². The van der Waals surface area contributed by atoms with Crippen LogP contribution in [0.2, 0.25) is 5.02 Å². The fourth-order valence-electron chi connectivity index (χ4n) is 2.00. The van der Waals surface area contributed by atoms with Crippen molar-refractivity contribution in [1.82, 2.24) is 4.98 Å². The van der Waals surface area contributed by atoms with E-state index < -0.39 is 0 Å². The third kappa shape index (κ3) is 2.76. The van der Waals surface area contributed by atoms with E-state index in [1.807, 2.05) is 24.3 Å². The molecule has 1 N–H and O–H groups in total. The fourth-order valence-corrected chi connectivity index (χ4v) is 2.22. The second-order valence-electron chi connectivity index (χ2n) is 4.58. The van der Waals surface area contributed by atoms with Crippen molar-refractivity contribution in [2.45, 2.75) is 13.3 Å². The number of hydrogen-bond acceptors (Lipinski definition) is 3. The first-order valence-corrected chi connectivity index (χ1v) is 7.00. The average Bonchev–Trinajstić information content (AvgIpc) is 2.90. The Bertz CT molecular complexity index is 811. The summed E-state index contributed by atoms with van der Waals surface area (Å²) in [6, 6.07) is 12.7. The summed E-state index contributed by atoms with van der Waals surface area (Å²) in [6.45, 7) is 1.80. The van der Waals surface area contributed by atoms with Gasteiger partial charge in [-0.25, -0.2) is 4.98 Å². The number of benzene rings is 2. The van der Waals surface area contributed by atoms with Crippen molar-refractivity contribution in [3.05, 3.63) is 47.5 Å². The van der Waals surface area contributed by atoms with Crippen LogP contribution in [-0.2, 0) is 4.79 Å². The molecule has 2 aromatic carbocycles. The Labute approximate surface area is 126 Å². The Morgan fingerprint density at radius 2 is 2.10 bits per heavy atom. The van der Waals surface area contributed by atoms with E-state index in [1.165, 1.54) is 0 Å². The number of nitrogens with zero attached hydrogens (tertiary/aromatic N) is 1. The van der Waals surface area contributed by atoms with E-state index >= 15 is 0 Å². The van der Waals surface area contributed by atoms with Crippen LogP contribution >= 0.6 is 11.6 Å². The standard InChI is InChI=1S/C16H13ClN2O2/c1-2-15(20)18-10-7-8-13-14(9-10)21-16(19-13)11-5-3-4-6-12(11)17/h3-9H,2H2,1H3,(H,18,20). The van der Waals surface area contributed by atoms with E-state index in [-0.39, 0.29) is 5.91 Å². The summed E-state index contributed by atoms with van der Waals surface area (Å²) in [7, 11) is 0. The third-order valence-electron chi connectivity index (χ3n) is 3.10. The molecule has 1 aromatic heterocycles. The molecule has 0 atom stereocenters. The Balaban J connectivity index is 2.01. The van der Waals surface area contributed by atoms with Crippen LogP contribution in [-0.4, -0.2) is 10.9 Å². The van der Waals surface area contributed by atoms with Crippen LogP contribution in [0.5, 0.6) is 0 Å². The summed E-state index contributed by atoms with van der Waals surface area (Å²) in [5, 5.41) is 3.38. The summed E-state index contributed by atoms with van der Waals surface area (Å²) in [4.78, 5) is 15.8. The lowest BCUT2D eigenvalue weighted by Gasteiger charge is -2.01. The SMILES string of the molecule is CCC(=O)Nc1ccc2nc(-c3ccccc3Cl)oc2c1. The Hall–Kier alpha value is -2.33. The zero-order valence-corrected chi connectivity index (χ0v) is 12.1. The monoisotopic (exact) mass is 300 g/mol. The van der Waals surface area contributed by atoms with Crippen LogP contribution < -0.4 is 5.32 Å². The zero-order chi connectivity index (χ0) is 14.8. The summed E-state index contributed by atoms with van der Waals surface area (Å²) in [5.41, 5.74) is 2.77. The summed E-state index contributed by atoms with van der Waals surface area (Å²) < 4.78 is 5.74. The quantitative estimate of drug-likeness (QED) is 0.775. The molecule has 0 saturated heterocycles. The number of anilines is 1. The number of nitrogens with one attached hydrogen (secondary N) is 1. The van der Waals surface area contributed by atoms with Crippen LogP contribution in [0.3, 0.4) is 0 Å². The molecule has 3 aromatic rings. The molecule has 106 valence electrons. The second-order valence-corrected chi connectivity index (χ2v) is 4.99. The first-order valence-electron chi connectivity index (χ1n) is 6.62. The highest BCUT2D eigenvalue weighted by Crippen LogP contribution is 2.30. The molecular formula is C16H13ClN2O2. The highest BCUT2D eigenvalue weighted by Gasteiger charge is 2.11. The number of hydrogen-bond donors (Lipinski definition) is 1. The number of rotatable bonds is 3. The topological polar surface area (TPSA) is 55.1 Å². The normalized spacial score (nSPS) is 10.8. The number of halogens is 1.